The lowest BCUT2D eigenvalue weighted by molar-refractivity contribution is 0.413. The van der Waals surface area contributed by atoms with Crippen molar-refractivity contribution in [3.63, 3.8) is 0 Å². The van der Waals surface area contributed by atoms with Gasteiger partial charge in [0.1, 0.15) is 0 Å². The highest BCUT2D eigenvalue weighted by Gasteiger charge is 2.40. The summed E-state index contributed by atoms with van der Waals surface area (Å²) in [5.41, 5.74) is 6.26. The first kappa shape index (κ1) is 8.06. The molecule has 0 aromatic rings. The maximum absolute atomic E-state index is 5.66. The summed E-state index contributed by atoms with van der Waals surface area (Å²) in [5, 5.41) is 0. The summed E-state index contributed by atoms with van der Waals surface area (Å²) in [5.74, 6) is 0.851. The van der Waals surface area contributed by atoms with Crippen LogP contribution in [0.1, 0.15) is 39.5 Å². The molecular weight excluding hydrogens is 122 g/mol. The number of hydrogen-bond acceptors (Lipinski definition) is 1. The van der Waals surface area contributed by atoms with Crippen LogP contribution in [0.3, 0.4) is 0 Å². The van der Waals surface area contributed by atoms with Gasteiger partial charge in [0.2, 0.25) is 0 Å². The van der Waals surface area contributed by atoms with E-state index in [1.807, 2.05) is 0 Å². The van der Waals surface area contributed by atoms with Crippen LogP contribution in [0.15, 0.2) is 0 Å². The van der Waals surface area contributed by atoms with Gasteiger partial charge in [-0.25, -0.2) is 0 Å². The zero-order valence-corrected chi connectivity index (χ0v) is 7.19. The number of rotatable bonds is 4. The second kappa shape index (κ2) is 2.91. The fourth-order valence-electron chi connectivity index (χ4n) is 1.33. The summed E-state index contributed by atoms with van der Waals surface area (Å²) >= 11 is 0. The van der Waals surface area contributed by atoms with Crippen LogP contribution in [-0.4, -0.2) is 6.54 Å². The van der Waals surface area contributed by atoms with Gasteiger partial charge < -0.3 is 5.73 Å². The lowest BCUT2D eigenvalue weighted by atomic mass is 9.96. The normalized spacial score (nSPS) is 21.6. The van der Waals surface area contributed by atoms with Crippen LogP contribution >= 0.6 is 0 Å². The summed E-state index contributed by atoms with van der Waals surface area (Å²) in [4.78, 5) is 0. The van der Waals surface area contributed by atoms with E-state index in [2.05, 4.69) is 13.8 Å². The van der Waals surface area contributed by atoms with Crippen molar-refractivity contribution in [2.45, 2.75) is 39.5 Å². The third-order valence-electron chi connectivity index (χ3n) is 2.64. The molecule has 1 aliphatic carbocycles. The number of hydrogen-bond donors (Lipinski definition) is 1. The molecule has 0 atom stereocenters. The molecule has 0 heterocycles. The van der Waals surface area contributed by atoms with Gasteiger partial charge in [-0.05, 0) is 37.1 Å². The molecule has 60 valence electrons. The first-order valence-corrected chi connectivity index (χ1v) is 4.39. The topological polar surface area (TPSA) is 26.0 Å². The summed E-state index contributed by atoms with van der Waals surface area (Å²) in [6.45, 7) is 5.49. The van der Waals surface area contributed by atoms with Crippen molar-refractivity contribution in [1.29, 1.82) is 0 Å². The van der Waals surface area contributed by atoms with Crippen molar-refractivity contribution in [2.24, 2.45) is 17.1 Å². The summed E-state index contributed by atoms with van der Waals surface area (Å²) in [6.07, 6.45) is 5.49. The van der Waals surface area contributed by atoms with Gasteiger partial charge in [-0.15, -0.1) is 0 Å². The Morgan fingerprint density at radius 3 is 2.30 bits per heavy atom. The van der Waals surface area contributed by atoms with Crippen molar-refractivity contribution >= 4 is 0 Å². The molecule has 1 nitrogen and oxygen atoms in total. The summed E-state index contributed by atoms with van der Waals surface area (Å²) < 4.78 is 0. The molecule has 0 amide bonds. The Hall–Kier alpha value is -0.0400. The van der Waals surface area contributed by atoms with E-state index in [0.717, 1.165) is 12.5 Å². The van der Waals surface area contributed by atoms with Gasteiger partial charge in [0.05, 0.1) is 0 Å². The van der Waals surface area contributed by atoms with Gasteiger partial charge >= 0.3 is 0 Å². The zero-order valence-electron chi connectivity index (χ0n) is 7.19. The molecule has 0 aromatic carbocycles. The second-order valence-corrected chi connectivity index (χ2v) is 4.14. The van der Waals surface area contributed by atoms with Crippen LogP contribution in [0.4, 0.5) is 0 Å². The van der Waals surface area contributed by atoms with Crippen LogP contribution in [-0.2, 0) is 0 Å². The first-order valence-electron chi connectivity index (χ1n) is 4.39. The Morgan fingerprint density at radius 1 is 1.40 bits per heavy atom. The second-order valence-electron chi connectivity index (χ2n) is 4.14. The zero-order chi connectivity index (χ0) is 7.61. The Labute approximate surface area is 64.0 Å². The Kier molecular flexibility index (Phi) is 2.35. The van der Waals surface area contributed by atoms with E-state index in [4.69, 9.17) is 5.73 Å². The minimum atomic E-state index is 0.601. The SMILES string of the molecule is CC(C)CCC1(CN)CC1. The maximum atomic E-state index is 5.66. The predicted octanol–water partition coefficient (Wildman–Crippen LogP) is 2.16. The van der Waals surface area contributed by atoms with Crippen LogP contribution in [0.5, 0.6) is 0 Å². The molecule has 1 aliphatic rings. The van der Waals surface area contributed by atoms with E-state index in [0.29, 0.717) is 5.41 Å². The van der Waals surface area contributed by atoms with Gasteiger partial charge in [-0.3, -0.25) is 0 Å². The van der Waals surface area contributed by atoms with E-state index in [9.17, 15) is 0 Å². The van der Waals surface area contributed by atoms with E-state index >= 15 is 0 Å². The molecule has 0 bridgehead atoms. The fourth-order valence-corrected chi connectivity index (χ4v) is 1.33. The van der Waals surface area contributed by atoms with E-state index < -0.39 is 0 Å². The van der Waals surface area contributed by atoms with Gasteiger partial charge in [-0.2, -0.15) is 0 Å². The average Bonchev–Trinajstić information content (AvgIpc) is 2.64. The van der Waals surface area contributed by atoms with Gasteiger partial charge in [-0.1, -0.05) is 20.3 Å². The molecule has 0 spiro atoms. The molecule has 1 rings (SSSR count). The molecule has 0 radical (unpaired) electrons. The van der Waals surface area contributed by atoms with Crippen LogP contribution < -0.4 is 5.73 Å². The molecule has 1 heteroatoms. The maximum Gasteiger partial charge on any atom is -0.00205 e. The minimum Gasteiger partial charge on any atom is -0.330 e. The summed E-state index contributed by atoms with van der Waals surface area (Å²) in [6, 6.07) is 0. The van der Waals surface area contributed by atoms with Crippen LogP contribution in [0.25, 0.3) is 0 Å². The third-order valence-corrected chi connectivity index (χ3v) is 2.64. The molecule has 10 heavy (non-hydrogen) atoms. The highest BCUT2D eigenvalue weighted by atomic mass is 14.6. The van der Waals surface area contributed by atoms with Crippen molar-refractivity contribution in [2.75, 3.05) is 6.54 Å². The van der Waals surface area contributed by atoms with E-state index in [1.54, 1.807) is 0 Å². The lowest BCUT2D eigenvalue weighted by Gasteiger charge is -2.12. The van der Waals surface area contributed by atoms with Gasteiger partial charge in [0.15, 0.2) is 0 Å². The summed E-state index contributed by atoms with van der Waals surface area (Å²) in [7, 11) is 0. The first-order chi connectivity index (χ1) is 4.68. The standard InChI is InChI=1S/C9H19N/c1-8(2)3-4-9(7-10)5-6-9/h8H,3-7,10H2,1-2H3. The van der Waals surface area contributed by atoms with Crippen molar-refractivity contribution in [1.82, 2.24) is 0 Å². The number of nitrogens with two attached hydrogens (primary N) is 1. The molecule has 0 aliphatic heterocycles. The van der Waals surface area contributed by atoms with Gasteiger partial charge in [0.25, 0.3) is 0 Å². The molecular formula is C9H19N. The van der Waals surface area contributed by atoms with Crippen molar-refractivity contribution in [3.8, 4) is 0 Å². The van der Waals surface area contributed by atoms with Crippen molar-refractivity contribution < 1.29 is 0 Å². The molecule has 2 N–H and O–H groups in total. The van der Waals surface area contributed by atoms with E-state index in [-0.39, 0.29) is 0 Å². The highest BCUT2D eigenvalue weighted by Crippen LogP contribution is 2.48. The third kappa shape index (κ3) is 1.98. The van der Waals surface area contributed by atoms with Crippen molar-refractivity contribution in [3.05, 3.63) is 0 Å². The largest absolute Gasteiger partial charge is 0.330 e. The Bertz CT molecular complexity index is 103. The Balaban J connectivity index is 2.13. The van der Waals surface area contributed by atoms with Crippen LogP contribution in [0, 0.1) is 11.3 Å². The predicted molar refractivity (Wildman–Crippen MR) is 44.8 cm³/mol. The fraction of sp³-hybridized carbons (Fsp3) is 1.00. The smallest absolute Gasteiger partial charge is 0.00205 e. The monoisotopic (exact) mass is 141 g/mol. The Morgan fingerprint density at radius 2 is 2.00 bits per heavy atom. The molecule has 0 aromatic heterocycles. The molecule has 0 saturated heterocycles. The minimum absolute atomic E-state index is 0.601. The lowest BCUT2D eigenvalue weighted by Crippen LogP contribution is -2.15. The van der Waals surface area contributed by atoms with Crippen LogP contribution in [0.2, 0.25) is 0 Å². The molecule has 0 unspecified atom stereocenters. The molecule has 1 saturated carbocycles. The highest BCUT2D eigenvalue weighted by molar-refractivity contribution is 4.93. The van der Waals surface area contributed by atoms with E-state index in [1.165, 1.54) is 25.7 Å². The quantitative estimate of drug-likeness (QED) is 0.638. The molecule has 1 fully saturated rings. The van der Waals surface area contributed by atoms with Gasteiger partial charge in [0, 0.05) is 0 Å². The average molecular weight is 141 g/mol.